The number of carboxylic acid groups (broad SMARTS) is 1. The number of benzene rings is 1. The highest BCUT2D eigenvalue weighted by Crippen LogP contribution is 2.35. The van der Waals surface area contributed by atoms with Crippen molar-refractivity contribution in [3.63, 3.8) is 0 Å². The molecule has 0 unspecified atom stereocenters. The Labute approximate surface area is 205 Å². The van der Waals surface area contributed by atoms with Crippen molar-refractivity contribution in [2.45, 2.75) is 44.7 Å². The highest BCUT2D eigenvalue weighted by Gasteiger charge is 2.34. The number of fused-ring (bicyclic) bond motifs is 1. The van der Waals surface area contributed by atoms with E-state index in [4.69, 9.17) is 4.74 Å². The predicted molar refractivity (Wildman–Crippen MR) is 132 cm³/mol. The molecular weight excluding hydrogens is 447 g/mol. The standard InChI is InChI=1S/C27H33FN4O3/c1-35-21-6-8-26-23(16-21)22(10-12-29-26)25(28)7-5-20-11-15-32(18-24(20)27(33)34)14-3-2-4-19-9-13-30-31-17-19/h6,8-10,12-13,16-17,20,24-25H,2-5,7,11,14-15,18H2,1H3,(H,33,34)/t20-,24+,25+/m1/s1. The largest absolute Gasteiger partial charge is 0.497 e. The van der Waals surface area contributed by atoms with Gasteiger partial charge in [-0.2, -0.15) is 10.2 Å². The number of hydrogen-bond donors (Lipinski definition) is 1. The predicted octanol–water partition coefficient (Wildman–Crippen LogP) is 4.87. The number of likely N-dealkylation sites (tertiary alicyclic amines) is 1. The van der Waals surface area contributed by atoms with Crippen molar-refractivity contribution in [1.82, 2.24) is 20.1 Å². The number of carbonyl (C=O) groups is 1. The lowest BCUT2D eigenvalue weighted by atomic mass is 9.81. The molecule has 4 rings (SSSR count). The zero-order valence-electron chi connectivity index (χ0n) is 20.1. The third-order valence-corrected chi connectivity index (χ3v) is 7.10. The van der Waals surface area contributed by atoms with Crippen LogP contribution in [0, 0.1) is 11.8 Å². The quantitative estimate of drug-likeness (QED) is 0.392. The van der Waals surface area contributed by atoms with Crippen LogP contribution in [0.5, 0.6) is 5.75 Å². The van der Waals surface area contributed by atoms with E-state index in [1.165, 1.54) is 5.56 Å². The number of methoxy groups -OCH3 is 1. The SMILES string of the molecule is COc1ccc2nccc([C@@H](F)CC[C@@H]3CCN(CCCCc4ccnnc4)C[C@@H]3C(=O)O)c2c1. The minimum absolute atomic E-state index is 0.0208. The molecule has 1 saturated heterocycles. The summed E-state index contributed by atoms with van der Waals surface area (Å²) in [6, 6.07) is 9.14. The van der Waals surface area contributed by atoms with Crippen molar-refractivity contribution in [2.24, 2.45) is 11.8 Å². The lowest BCUT2D eigenvalue weighted by Gasteiger charge is -2.37. The number of carboxylic acids is 1. The van der Waals surface area contributed by atoms with Gasteiger partial charge in [0, 0.05) is 24.3 Å². The van der Waals surface area contributed by atoms with E-state index in [1.54, 1.807) is 31.8 Å². The number of rotatable bonds is 11. The summed E-state index contributed by atoms with van der Waals surface area (Å²) in [7, 11) is 1.58. The summed E-state index contributed by atoms with van der Waals surface area (Å²) in [5.74, 6) is -0.603. The molecule has 0 spiro atoms. The fraction of sp³-hybridized carbons (Fsp3) is 0.481. The second kappa shape index (κ2) is 12.0. The van der Waals surface area contributed by atoms with E-state index in [0.29, 0.717) is 30.7 Å². The average molecular weight is 481 g/mol. The molecule has 186 valence electrons. The number of nitrogens with zero attached hydrogens (tertiary/aromatic N) is 4. The van der Waals surface area contributed by atoms with Crippen molar-refractivity contribution in [3.8, 4) is 5.75 Å². The summed E-state index contributed by atoms with van der Waals surface area (Å²) in [6.07, 6.45) is 8.54. The highest BCUT2D eigenvalue weighted by atomic mass is 19.1. The maximum absolute atomic E-state index is 15.4. The van der Waals surface area contributed by atoms with Crippen molar-refractivity contribution in [1.29, 1.82) is 0 Å². The van der Waals surface area contributed by atoms with Crippen LogP contribution in [0.15, 0.2) is 48.9 Å². The van der Waals surface area contributed by atoms with Gasteiger partial charge in [0.1, 0.15) is 11.9 Å². The number of halogens is 1. The number of piperidine rings is 1. The summed E-state index contributed by atoms with van der Waals surface area (Å²) in [4.78, 5) is 18.6. The van der Waals surface area contributed by atoms with Crippen molar-refractivity contribution in [3.05, 3.63) is 60.0 Å². The molecule has 1 aliphatic heterocycles. The molecule has 0 amide bonds. The molecule has 0 saturated carbocycles. The summed E-state index contributed by atoms with van der Waals surface area (Å²) >= 11 is 0. The van der Waals surface area contributed by atoms with Gasteiger partial charge in [-0.3, -0.25) is 9.78 Å². The van der Waals surface area contributed by atoms with Crippen molar-refractivity contribution < 1.29 is 19.0 Å². The number of aryl methyl sites for hydroxylation is 1. The van der Waals surface area contributed by atoms with Crippen molar-refractivity contribution in [2.75, 3.05) is 26.7 Å². The minimum atomic E-state index is -1.18. The zero-order valence-corrected chi connectivity index (χ0v) is 20.1. The van der Waals surface area contributed by atoms with Crippen LogP contribution >= 0.6 is 0 Å². The number of aliphatic carboxylic acids is 1. The first-order valence-corrected chi connectivity index (χ1v) is 12.3. The second-order valence-corrected chi connectivity index (χ2v) is 9.33. The molecule has 1 aromatic carbocycles. The molecule has 3 heterocycles. The Kier molecular flexibility index (Phi) is 8.58. The molecule has 3 aromatic rings. The number of unbranched alkanes of at least 4 members (excludes halogenated alkanes) is 1. The van der Waals surface area contributed by atoms with Crippen LogP contribution in [0.4, 0.5) is 4.39 Å². The summed E-state index contributed by atoms with van der Waals surface area (Å²) in [5.41, 5.74) is 2.48. The first kappa shape index (κ1) is 25.0. The van der Waals surface area contributed by atoms with Crippen LogP contribution in [0.2, 0.25) is 0 Å². The molecular formula is C27H33FN4O3. The summed E-state index contributed by atoms with van der Waals surface area (Å²) < 4.78 is 20.7. The van der Waals surface area contributed by atoms with E-state index in [1.807, 2.05) is 24.3 Å². The van der Waals surface area contributed by atoms with Gasteiger partial charge >= 0.3 is 5.97 Å². The highest BCUT2D eigenvalue weighted by molar-refractivity contribution is 5.83. The number of aromatic nitrogens is 3. The van der Waals surface area contributed by atoms with Crippen LogP contribution < -0.4 is 4.74 Å². The maximum atomic E-state index is 15.4. The average Bonchev–Trinajstić information content (AvgIpc) is 2.89. The lowest BCUT2D eigenvalue weighted by Crippen LogP contribution is -2.44. The second-order valence-electron chi connectivity index (χ2n) is 9.33. The third kappa shape index (κ3) is 6.51. The van der Waals surface area contributed by atoms with Gasteiger partial charge in [0.25, 0.3) is 0 Å². The van der Waals surface area contributed by atoms with Crippen molar-refractivity contribution >= 4 is 16.9 Å². The molecule has 35 heavy (non-hydrogen) atoms. The van der Waals surface area contributed by atoms with E-state index in [0.717, 1.165) is 49.7 Å². The monoisotopic (exact) mass is 480 g/mol. The normalized spacial score (nSPS) is 19.5. The minimum Gasteiger partial charge on any atom is -0.497 e. The zero-order chi connectivity index (χ0) is 24.6. The Bertz CT molecular complexity index is 1110. The number of hydrogen-bond acceptors (Lipinski definition) is 6. The maximum Gasteiger partial charge on any atom is 0.308 e. The van der Waals surface area contributed by atoms with E-state index in [2.05, 4.69) is 20.1 Å². The van der Waals surface area contributed by atoms with Crippen LogP contribution in [-0.2, 0) is 11.2 Å². The Morgan fingerprint density at radius 2 is 2.11 bits per heavy atom. The van der Waals surface area contributed by atoms with E-state index in [-0.39, 0.29) is 5.92 Å². The number of pyridine rings is 1. The van der Waals surface area contributed by atoms with Gasteiger partial charge < -0.3 is 14.7 Å². The molecule has 0 radical (unpaired) electrons. The van der Waals surface area contributed by atoms with E-state index >= 15 is 4.39 Å². The molecule has 0 aliphatic carbocycles. The number of alkyl halides is 1. The summed E-state index contributed by atoms with van der Waals surface area (Å²) in [6.45, 7) is 2.27. The molecule has 1 N–H and O–H groups in total. The van der Waals surface area contributed by atoms with Crippen LogP contribution in [0.3, 0.4) is 0 Å². The Hall–Kier alpha value is -3.13. The molecule has 3 atom stereocenters. The first-order valence-electron chi connectivity index (χ1n) is 12.3. The van der Waals surface area contributed by atoms with Gasteiger partial charge in [-0.05, 0) is 99.0 Å². The lowest BCUT2D eigenvalue weighted by molar-refractivity contribution is -0.146. The van der Waals surface area contributed by atoms with Gasteiger partial charge in [0.2, 0.25) is 0 Å². The number of ether oxygens (including phenoxy) is 1. The molecule has 1 aliphatic rings. The van der Waals surface area contributed by atoms with Gasteiger partial charge in [-0.25, -0.2) is 4.39 Å². The summed E-state index contributed by atoms with van der Waals surface area (Å²) in [5, 5.41) is 18.3. The van der Waals surface area contributed by atoms with Crippen LogP contribution in [0.25, 0.3) is 10.9 Å². The third-order valence-electron chi connectivity index (χ3n) is 7.10. The van der Waals surface area contributed by atoms with Gasteiger partial charge in [-0.1, -0.05) is 0 Å². The Balaban J connectivity index is 1.30. The van der Waals surface area contributed by atoms with E-state index < -0.39 is 18.1 Å². The molecule has 1 fully saturated rings. The Morgan fingerprint density at radius 3 is 2.89 bits per heavy atom. The van der Waals surface area contributed by atoms with E-state index in [9.17, 15) is 9.90 Å². The van der Waals surface area contributed by atoms with Gasteiger partial charge in [-0.15, -0.1) is 0 Å². The van der Waals surface area contributed by atoms with Crippen LogP contribution in [0.1, 0.15) is 49.4 Å². The Morgan fingerprint density at radius 1 is 1.23 bits per heavy atom. The smallest absolute Gasteiger partial charge is 0.308 e. The van der Waals surface area contributed by atoms with Gasteiger partial charge in [0.15, 0.2) is 0 Å². The molecule has 8 heteroatoms. The molecule has 2 aromatic heterocycles. The molecule has 0 bridgehead atoms. The van der Waals surface area contributed by atoms with Crippen LogP contribution in [-0.4, -0.2) is 57.9 Å². The fourth-order valence-corrected chi connectivity index (χ4v) is 5.09. The van der Waals surface area contributed by atoms with Gasteiger partial charge in [0.05, 0.1) is 24.7 Å². The first-order chi connectivity index (χ1) is 17.0. The molecule has 7 nitrogen and oxygen atoms in total. The fourth-order valence-electron chi connectivity index (χ4n) is 5.09. The topological polar surface area (TPSA) is 88.4 Å².